The number of rotatable bonds is 4. The van der Waals surface area contributed by atoms with Crippen LogP contribution in [0.3, 0.4) is 0 Å². The molecule has 0 spiro atoms. The van der Waals surface area contributed by atoms with E-state index in [-0.39, 0.29) is 5.82 Å². The van der Waals surface area contributed by atoms with Gasteiger partial charge in [0.1, 0.15) is 5.82 Å². The monoisotopic (exact) mass is 231 g/mol. The van der Waals surface area contributed by atoms with Gasteiger partial charge in [-0.1, -0.05) is 17.7 Å². The van der Waals surface area contributed by atoms with E-state index in [1.54, 1.807) is 6.07 Å². The van der Waals surface area contributed by atoms with Gasteiger partial charge in [-0.15, -0.1) is 0 Å². The molecule has 1 aromatic rings. The molecule has 1 N–H and O–H groups in total. The van der Waals surface area contributed by atoms with Crippen molar-refractivity contribution in [3.05, 3.63) is 34.6 Å². The van der Waals surface area contributed by atoms with E-state index in [1.165, 1.54) is 12.1 Å². The van der Waals surface area contributed by atoms with E-state index in [2.05, 4.69) is 0 Å². The highest BCUT2D eigenvalue weighted by Gasteiger charge is 2.09. The number of halogens is 2. The van der Waals surface area contributed by atoms with Crippen molar-refractivity contribution in [2.75, 3.05) is 20.6 Å². The van der Waals surface area contributed by atoms with Crippen molar-refractivity contribution in [2.45, 2.75) is 12.5 Å². The van der Waals surface area contributed by atoms with E-state index in [1.807, 2.05) is 19.0 Å². The van der Waals surface area contributed by atoms with E-state index >= 15 is 0 Å². The van der Waals surface area contributed by atoms with Crippen LogP contribution in [0.15, 0.2) is 18.2 Å². The molecule has 1 atom stereocenters. The van der Waals surface area contributed by atoms with Crippen molar-refractivity contribution in [1.82, 2.24) is 4.90 Å². The zero-order chi connectivity index (χ0) is 11.4. The summed E-state index contributed by atoms with van der Waals surface area (Å²) in [4.78, 5) is 1.89. The topological polar surface area (TPSA) is 23.5 Å². The first-order valence-electron chi connectivity index (χ1n) is 4.75. The second kappa shape index (κ2) is 5.45. The zero-order valence-corrected chi connectivity index (χ0v) is 9.63. The molecule has 1 rings (SSSR count). The number of aliphatic hydroxyl groups excluding tert-OH is 1. The lowest BCUT2D eigenvalue weighted by Gasteiger charge is -2.16. The highest BCUT2D eigenvalue weighted by atomic mass is 35.5. The molecule has 0 aliphatic carbocycles. The molecule has 0 heterocycles. The van der Waals surface area contributed by atoms with Gasteiger partial charge in [-0.3, -0.25) is 0 Å². The van der Waals surface area contributed by atoms with Crippen LogP contribution in [0.4, 0.5) is 4.39 Å². The van der Waals surface area contributed by atoms with Gasteiger partial charge >= 0.3 is 0 Å². The second-order valence-electron chi connectivity index (χ2n) is 3.86. The van der Waals surface area contributed by atoms with Crippen LogP contribution in [-0.2, 0) is 6.42 Å². The van der Waals surface area contributed by atoms with Crippen molar-refractivity contribution in [1.29, 1.82) is 0 Å². The lowest BCUT2D eigenvalue weighted by molar-refractivity contribution is 0.137. The largest absolute Gasteiger partial charge is 0.391 e. The molecule has 0 saturated heterocycles. The van der Waals surface area contributed by atoms with Gasteiger partial charge in [0.15, 0.2) is 0 Å². The van der Waals surface area contributed by atoms with Gasteiger partial charge in [-0.25, -0.2) is 4.39 Å². The third kappa shape index (κ3) is 4.16. The van der Waals surface area contributed by atoms with Crippen molar-refractivity contribution >= 4 is 11.6 Å². The fraction of sp³-hybridized carbons (Fsp3) is 0.455. The Morgan fingerprint density at radius 1 is 1.47 bits per heavy atom. The molecule has 84 valence electrons. The Morgan fingerprint density at radius 3 is 2.67 bits per heavy atom. The molecule has 0 aromatic heterocycles. The second-order valence-corrected chi connectivity index (χ2v) is 4.26. The summed E-state index contributed by atoms with van der Waals surface area (Å²) in [6, 6.07) is 4.22. The van der Waals surface area contributed by atoms with Gasteiger partial charge in [-0.05, 0) is 31.8 Å². The minimum Gasteiger partial charge on any atom is -0.391 e. The van der Waals surface area contributed by atoms with Crippen molar-refractivity contribution in [2.24, 2.45) is 0 Å². The number of benzene rings is 1. The third-order valence-corrected chi connectivity index (χ3v) is 2.40. The molecule has 15 heavy (non-hydrogen) atoms. The summed E-state index contributed by atoms with van der Waals surface area (Å²) in [6.07, 6.45) is -0.0416. The number of nitrogens with zero attached hydrogens (tertiary/aromatic N) is 1. The first kappa shape index (κ1) is 12.4. The quantitative estimate of drug-likeness (QED) is 0.856. The fourth-order valence-electron chi connectivity index (χ4n) is 1.43. The van der Waals surface area contributed by atoms with E-state index in [4.69, 9.17) is 11.6 Å². The van der Waals surface area contributed by atoms with Crippen molar-refractivity contribution in [3.63, 3.8) is 0 Å². The summed E-state index contributed by atoms with van der Waals surface area (Å²) in [6.45, 7) is 0.563. The standard InChI is InChI=1S/C11H15ClFNO/c1-14(2)7-10(15)5-8-3-4-9(13)6-11(8)12/h3-4,6,10,15H,5,7H2,1-2H3. The molecule has 0 aliphatic heterocycles. The summed E-state index contributed by atoms with van der Waals surface area (Å²) in [5, 5.41) is 10.0. The SMILES string of the molecule is CN(C)CC(O)Cc1ccc(F)cc1Cl. The molecule has 0 fully saturated rings. The van der Waals surface area contributed by atoms with Crippen LogP contribution in [0.5, 0.6) is 0 Å². The normalized spacial score (nSPS) is 13.2. The lowest BCUT2D eigenvalue weighted by Crippen LogP contribution is -2.27. The van der Waals surface area contributed by atoms with Crippen molar-refractivity contribution < 1.29 is 9.50 Å². The number of aliphatic hydroxyl groups is 1. The Labute approximate surface area is 94.3 Å². The molecule has 2 nitrogen and oxygen atoms in total. The van der Waals surface area contributed by atoms with Crippen LogP contribution in [0, 0.1) is 5.82 Å². The third-order valence-electron chi connectivity index (χ3n) is 2.05. The van der Waals surface area contributed by atoms with E-state index in [0.717, 1.165) is 5.56 Å². The fourth-order valence-corrected chi connectivity index (χ4v) is 1.67. The summed E-state index contributed by atoms with van der Waals surface area (Å²) >= 11 is 5.85. The van der Waals surface area contributed by atoms with Crippen LogP contribution in [0.2, 0.25) is 5.02 Å². The molecule has 0 amide bonds. The predicted octanol–water partition coefficient (Wildman–Crippen LogP) is 1.94. The van der Waals surface area contributed by atoms with Crippen molar-refractivity contribution in [3.8, 4) is 0 Å². The first-order valence-corrected chi connectivity index (χ1v) is 5.13. The minimum atomic E-state index is -0.483. The number of hydrogen-bond donors (Lipinski definition) is 1. The predicted molar refractivity (Wildman–Crippen MR) is 59.7 cm³/mol. The van der Waals surface area contributed by atoms with E-state index in [0.29, 0.717) is 18.0 Å². The molecule has 0 aliphatic rings. The summed E-state index contributed by atoms with van der Waals surface area (Å²) in [5.74, 6) is -0.356. The average Bonchev–Trinajstić information content (AvgIpc) is 2.08. The van der Waals surface area contributed by atoms with Gasteiger partial charge in [0.2, 0.25) is 0 Å². The Morgan fingerprint density at radius 2 is 2.13 bits per heavy atom. The van der Waals surface area contributed by atoms with Gasteiger partial charge in [0.05, 0.1) is 6.10 Å². The Kier molecular flexibility index (Phi) is 4.51. The molecule has 0 saturated carbocycles. The molecular weight excluding hydrogens is 217 g/mol. The van der Waals surface area contributed by atoms with Crippen LogP contribution in [0.25, 0.3) is 0 Å². The summed E-state index contributed by atoms with van der Waals surface area (Å²) in [5.41, 5.74) is 0.771. The molecule has 0 radical (unpaired) electrons. The highest BCUT2D eigenvalue weighted by Crippen LogP contribution is 2.18. The molecule has 0 bridgehead atoms. The molecule has 1 aromatic carbocycles. The summed E-state index contributed by atoms with van der Waals surface area (Å²) in [7, 11) is 3.77. The number of hydrogen-bond acceptors (Lipinski definition) is 2. The van der Waals surface area contributed by atoms with Crippen LogP contribution in [0.1, 0.15) is 5.56 Å². The van der Waals surface area contributed by atoms with Gasteiger partial charge in [0, 0.05) is 18.0 Å². The van der Waals surface area contributed by atoms with Gasteiger partial charge in [0.25, 0.3) is 0 Å². The van der Waals surface area contributed by atoms with E-state index < -0.39 is 6.10 Å². The average molecular weight is 232 g/mol. The van der Waals surface area contributed by atoms with Gasteiger partial charge in [-0.2, -0.15) is 0 Å². The maximum Gasteiger partial charge on any atom is 0.124 e. The van der Waals surface area contributed by atoms with Crippen LogP contribution in [-0.4, -0.2) is 36.8 Å². The highest BCUT2D eigenvalue weighted by molar-refractivity contribution is 6.31. The zero-order valence-electron chi connectivity index (χ0n) is 8.87. The Bertz CT molecular complexity index is 330. The molecule has 1 unspecified atom stereocenters. The molecular formula is C11H15ClFNO. The Balaban J connectivity index is 2.64. The number of likely N-dealkylation sites (N-methyl/N-ethyl adjacent to an activating group) is 1. The smallest absolute Gasteiger partial charge is 0.124 e. The minimum absolute atomic E-state index is 0.356. The lowest BCUT2D eigenvalue weighted by atomic mass is 10.1. The Hall–Kier alpha value is -0.640. The maximum atomic E-state index is 12.7. The summed E-state index contributed by atoms with van der Waals surface area (Å²) < 4.78 is 12.7. The van der Waals surface area contributed by atoms with Crippen LogP contribution < -0.4 is 0 Å². The molecule has 4 heteroatoms. The van der Waals surface area contributed by atoms with E-state index in [9.17, 15) is 9.50 Å². The maximum absolute atomic E-state index is 12.7. The van der Waals surface area contributed by atoms with Crippen LogP contribution >= 0.6 is 11.6 Å². The van der Waals surface area contributed by atoms with Gasteiger partial charge < -0.3 is 10.0 Å². The first-order chi connectivity index (χ1) is 6.99.